The average Bonchev–Trinajstić information content (AvgIpc) is 3.31. The summed E-state index contributed by atoms with van der Waals surface area (Å²) in [4.78, 5) is 26.8. The van der Waals surface area contributed by atoms with Gasteiger partial charge >= 0.3 is 0 Å². The van der Waals surface area contributed by atoms with Gasteiger partial charge in [0.25, 0.3) is 0 Å². The minimum Gasteiger partial charge on any atom is -0.497 e. The molecule has 2 heterocycles. The van der Waals surface area contributed by atoms with Gasteiger partial charge in [0.1, 0.15) is 23.1 Å². The van der Waals surface area contributed by atoms with Crippen LogP contribution in [0.25, 0.3) is 0 Å². The number of fused-ring (bicyclic) bond motifs is 1. The van der Waals surface area contributed by atoms with Gasteiger partial charge in [0.05, 0.1) is 31.5 Å². The summed E-state index contributed by atoms with van der Waals surface area (Å²) >= 11 is 0. The first kappa shape index (κ1) is 21.6. The van der Waals surface area contributed by atoms with Crippen LogP contribution >= 0.6 is 0 Å². The molecular formula is C25H27N3O4. The molecular weight excluding hydrogens is 406 g/mol. The third kappa shape index (κ3) is 3.98. The van der Waals surface area contributed by atoms with E-state index in [1.54, 1.807) is 44.2 Å². The predicted molar refractivity (Wildman–Crippen MR) is 124 cm³/mol. The lowest BCUT2D eigenvalue weighted by Crippen LogP contribution is -2.35. The lowest BCUT2D eigenvalue weighted by molar-refractivity contribution is -0.118. The van der Waals surface area contributed by atoms with E-state index in [0.717, 1.165) is 16.9 Å². The number of anilines is 2. The molecule has 7 nitrogen and oxygen atoms in total. The smallest absolute Gasteiger partial charge is 0.191 e. The van der Waals surface area contributed by atoms with Crippen LogP contribution in [0.3, 0.4) is 0 Å². The Morgan fingerprint density at radius 1 is 1.16 bits per heavy atom. The number of methoxy groups -OCH3 is 2. The molecule has 7 heteroatoms. The molecule has 0 saturated carbocycles. The van der Waals surface area contributed by atoms with Crippen LogP contribution in [0.5, 0.6) is 11.5 Å². The molecule has 2 N–H and O–H groups in total. The molecule has 4 rings (SSSR count). The summed E-state index contributed by atoms with van der Waals surface area (Å²) in [6, 6.07) is 12.7. The highest BCUT2D eigenvalue weighted by atomic mass is 16.5. The van der Waals surface area contributed by atoms with Crippen LogP contribution in [0.4, 0.5) is 11.4 Å². The number of hydrogen-bond donors (Lipinski definition) is 2. The molecule has 2 aromatic rings. The minimum atomic E-state index is -0.563. The van der Waals surface area contributed by atoms with E-state index in [9.17, 15) is 9.59 Å². The van der Waals surface area contributed by atoms with Crippen molar-refractivity contribution in [2.45, 2.75) is 38.6 Å². The topological polar surface area (TPSA) is 91.7 Å². The molecule has 0 aliphatic carbocycles. The standard InChI is InChI=1S/C25H27N3O4/c1-15(29)7-6-10-22-24(30)23(21-11-16-8-4-5-9-20(16)27-21)25(26)28(22)17-12-18(31-2)14-19(13-17)32-3/h4-5,8-9,12-14,22,26-27H,6-7,10-11H2,1-3H3. The van der Waals surface area contributed by atoms with E-state index in [2.05, 4.69) is 5.32 Å². The van der Waals surface area contributed by atoms with Crippen molar-refractivity contribution in [1.29, 1.82) is 5.41 Å². The first-order valence-electron chi connectivity index (χ1n) is 10.7. The van der Waals surface area contributed by atoms with Crippen LogP contribution < -0.4 is 19.7 Å². The number of Topliss-reactive ketones (excluding diaryl/α,β-unsaturated/α-hetero) is 2. The maximum Gasteiger partial charge on any atom is 0.191 e. The molecule has 2 aliphatic rings. The number of nitrogens with one attached hydrogen (secondary N) is 2. The number of rotatable bonds is 7. The predicted octanol–water partition coefficient (Wildman–Crippen LogP) is 4.12. The Hall–Kier alpha value is -3.61. The van der Waals surface area contributed by atoms with Gasteiger partial charge in [-0.2, -0.15) is 0 Å². The van der Waals surface area contributed by atoms with Gasteiger partial charge in [0, 0.05) is 42.4 Å². The van der Waals surface area contributed by atoms with Crippen molar-refractivity contribution < 1.29 is 19.1 Å². The fraction of sp³-hybridized carbons (Fsp3) is 0.320. The monoisotopic (exact) mass is 433 g/mol. The third-order valence-corrected chi connectivity index (χ3v) is 5.93. The number of ether oxygens (including phenoxy) is 2. The van der Waals surface area contributed by atoms with Crippen molar-refractivity contribution in [3.8, 4) is 11.5 Å². The quantitative estimate of drug-likeness (QED) is 0.638. The Bertz CT molecular complexity index is 1070. The van der Waals surface area contributed by atoms with Crippen LogP contribution in [0, 0.1) is 5.41 Å². The Kier molecular flexibility index (Phi) is 5.99. The van der Waals surface area contributed by atoms with E-state index in [0.29, 0.717) is 48.4 Å². The first-order valence-corrected chi connectivity index (χ1v) is 10.7. The molecule has 0 amide bonds. The molecule has 1 unspecified atom stereocenters. The van der Waals surface area contributed by atoms with Crippen molar-refractivity contribution in [2.24, 2.45) is 0 Å². The lowest BCUT2D eigenvalue weighted by atomic mass is 10.0. The molecule has 0 radical (unpaired) electrons. The van der Waals surface area contributed by atoms with Gasteiger partial charge in [0.15, 0.2) is 5.78 Å². The van der Waals surface area contributed by atoms with Gasteiger partial charge in [-0.3, -0.25) is 10.2 Å². The number of amidine groups is 1. The van der Waals surface area contributed by atoms with Crippen LogP contribution in [0.15, 0.2) is 53.7 Å². The van der Waals surface area contributed by atoms with Crippen molar-refractivity contribution in [3.05, 3.63) is 59.3 Å². The van der Waals surface area contributed by atoms with Crippen LogP contribution in [-0.2, 0) is 16.0 Å². The van der Waals surface area contributed by atoms with E-state index in [1.807, 2.05) is 24.3 Å². The van der Waals surface area contributed by atoms with Crippen LogP contribution in [-0.4, -0.2) is 37.7 Å². The second-order valence-electron chi connectivity index (χ2n) is 8.08. The van der Waals surface area contributed by atoms with E-state index in [-0.39, 0.29) is 17.4 Å². The van der Waals surface area contributed by atoms with Crippen molar-refractivity contribution >= 4 is 28.8 Å². The summed E-state index contributed by atoms with van der Waals surface area (Å²) in [5.74, 6) is 1.29. The number of benzene rings is 2. The van der Waals surface area contributed by atoms with Crippen LogP contribution in [0.1, 0.15) is 31.7 Å². The van der Waals surface area contributed by atoms with E-state index in [4.69, 9.17) is 14.9 Å². The number of carbonyl (C=O) groups is 2. The summed E-state index contributed by atoms with van der Waals surface area (Å²) in [6.07, 6.45) is 2.04. The maximum atomic E-state index is 13.6. The zero-order valence-electron chi connectivity index (χ0n) is 18.5. The van der Waals surface area contributed by atoms with Crippen molar-refractivity contribution in [3.63, 3.8) is 0 Å². The third-order valence-electron chi connectivity index (χ3n) is 5.93. The molecule has 0 spiro atoms. The molecule has 1 fully saturated rings. The summed E-state index contributed by atoms with van der Waals surface area (Å²) < 4.78 is 10.8. The highest BCUT2D eigenvalue weighted by molar-refractivity contribution is 6.35. The fourth-order valence-corrected chi connectivity index (χ4v) is 4.36. The normalized spacial score (nSPS) is 19.7. The molecule has 2 aliphatic heterocycles. The molecule has 166 valence electrons. The van der Waals surface area contributed by atoms with Gasteiger partial charge in [-0.05, 0) is 31.4 Å². The minimum absolute atomic E-state index is 0.0895. The number of nitrogens with zero attached hydrogens (tertiary/aromatic N) is 1. The first-order chi connectivity index (χ1) is 15.4. The Morgan fingerprint density at radius 2 is 1.84 bits per heavy atom. The molecule has 0 bridgehead atoms. The number of para-hydroxylation sites is 1. The average molecular weight is 434 g/mol. The summed E-state index contributed by atoms with van der Waals surface area (Å²) in [5, 5.41) is 12.3. The largest absolute Gasteiger partial charge is 0.497 e. The highest BCUT2D eigenvalue weighted by Gasteiger charge is 2.43. The molecule has 32 heavy (non-hydrogen) atoms. The summed E-state index contributed by atoms with van der Waals surface area (Å²) in [6.45, 7) is 1.55. The lowest BCUT2D eigenvalue weighted by Gasteiger charge is -2.25. The van der Waals surface area contributed by atoms with Gasteiger partial charge in [0.2, 0.25) is 0 Å². The Balaban J connectivity index is 1.75. The van der Waals surface area contributed by atoms with Gasteiger partial charge < -0.3 is 24.5 Å². The zero-order valence-corrected chi connectivity index (χ0v) is 18.5. The number of ketones is 2. The van der Waals surface area contributed by atoms with Crippen LogP contribution in [0.2, 0.25) is 0 Å². The van der Waals surface area contributed by atoms with Crippen molar-refractivity contribution in [2.75, 3.05) is 24.4 Å². The van der Waals surface area contributed by atoms with Gasteiger partial charge in [-0.25, -0.2) is 0 Å². The highest BCUT2D eigenvalue weighted by Crippen LogP contribution is 2.38. The summed E-state index contributed by atoms with van der Waals surface area (Å²) in [7, 11) is 3.13. The molecule has 1 saturated heterocycles. The molecule has 1 atom stereocenters. The SMILES string of the molecule is COc1cc(OC)cc(N2C(=N)C(=C3Cc4ccccc4N3)C(=O)C2CCCC(C)=O)c1. The van der Waals surface area contributed by atoms with E-state index >= 15 is 0 Å². The van der Waals surface area contributed by atoms with E-state index < -0.39 is 6.04 Å². The Labute approximate surface area is 187 Å². The number of allylic oxidation sites excluding steroid dienone is 1. The van der Waals surface area contributed by atoms with Gasteiger partial charge in [-0.1, -0.05) is 18.2 Å². The molecule has 0 aromatic heterocycles. The van der Waals surface area contributed by atoms with Crippen molar-refractivity contribution in [1.82, 2.24) is 0 Å². The van der Waals surface area contributed by atoms with E-state index in [1.165, 1.54) is 0 Å². The second kappa shape index (κ2) is 8.86. The fourth-order valence-electron chi connectivity index (χ4n) is 4.36. The maximum absolute atomic E-state index is 13.6. The zero-order chi connectivity index (χ0) is 22.8. The molecule has 2 aromatic carbocycles. The summed E-state index contributed by atoms with van der Waals surface area (Å²) in [5.41, 5.74) is 3.86. The Morgan fingerprint density at radius 3 is 2.47 bits per heavy atom. The second-order valence-corrected chi connectivity index (χ2v) is 8.08. The number of carbonyl (C=O) groups excluding carboxylic acids is 2. The number of hydrogen-bond acceptors (Lipinski definition) is 6. The van der Waals surface area contributed by atoms with Gasteiger partial charge in [-0.15, -0.1) is 0 Å².